The summed E-state index contributed by atoms with van der Waals surface area (Å²) in [4.78, 5) is 10.7. The Morgan fingerprint density at radius 2 is 2.16 bits per heavy atom. The van der Waals surface area contributed by atoms with Crippen LogP contribution in [0.4, 0.5) is 0 Å². The Hall–Kier alpha value is -2.87. The Morgan fingerprint density at radius 3 is 2.79 bits per heavy atom. The number of aliphatic carboxylic acids is 1. The fourth-order valence-electron chi connectivity index (χ4n) is 1.62. The highest BCUT2D eigenvalue weighted by molar-refractivity contribution is 5.96. The van der Waals surface area contributed by atoms with Gasteiger partial charge in [0.2, 0.25) is 0 Å². The predicted octanol–water partition coefficient (Wildman–Crippen LogP) is 1.92. The van der Waals surface area contributed by atoms with E-state index in [0.29, 0.717) is 12.1 Å². The Morgan fingerprint density at radius 1 is 1.42 bits per heavy atom. The number of carboxylic acid groups (broad SMARTS) is 1. The van der Waals surface area contributed by atoms with Gasteiger partial charge in [0.05, 0.1) is 12.7 Å². The molecule has 0 radical (unpaired) electrons. The van der Waals surface area contributed by atoms with E-state index in [1.54, 1.807) is 16.9 Å². The zero-order valence-corrected chi connectivity index (χ0v) is 10.0. The Labute approximate surface area is 110 Å². The molecule has 0 amide bonds. The van der Waals surface area contributed by atoms with E-state index in [1.165, 1.54) is 12.3 Å². The van der Waals surface area contributed by atoms with E-state index in [-0.39, 0.29) is 5.57 Å². The first-order valence-corrected chi connectivity index (χ1v) is 5.60. The van der Waals surface area contributed by atoms with Crippen LogP contribution in [0.3, 0.4) is 0 Å². The molecule has 2 rings (SSSR count). The maximum atomic E-state index is 10.7. The second kappa shape index (κ2) is 5.65. The minimum absolute atomic E-state index is 0.306. The molecular formula is C14H11N3O2. The number of aromatic nitrogens is 2. The van der Waals surface area contributed by atoms with Crippen molar-refractivity contribution in [2.75, 3.05) is 0 Å². The minimum atomic E-state index is -1.24. The van der Waals surface area contributed by atoms with E-state index in [9.17, 15) is 4.79 Å². The second-order valence-corrected chi connectivity index (χ2v) is 3.93. The lowest BCUT2D eigenvalue weighted by Gasteiger charge is -2.00. The molecule has 0 aliphatic rings. The zero-order valence-electron chi connectivity index (χ0n) is 10.0. The minimum Gasteiger partial charge on any atom is -0.477 e. The number of nitrogens with zero attached hydrogens (tertiary/aromatic N) is 3. The smallest absolute Gasteiger partial charge is 0.346 e. The van der Waals surface area contributed by atoms with Gasteiger partial charge in [0.25, 0.3) is 0 Å². The molecule has 5 heteroatoms. The van der Waals surface area contributed by atoms with Crippen LogP contribution in [-0.4, -0.2) is 20.9 Å². The summed E-state index contributed by atoms with van der Waals surface area (Å²) in [5.41, 5.74) is 1.38. The SMILES string of the molecule is N#C/C(=C\c1cnn(Cc2ccccc2)c1)C(=O)O. The number of rotatable bonds is 4. The fourth-order valence-corrected chi connectivity index (χ4v) is 1.62. The van der Waals surface area contributed by atoms with Gasteiger partial charge in [0.15, 0.2) is 0 Å². The summed E-state index contributed by atoms with van der Waals surface area (Å²) < 4.78 is 1.69. The number of carboxylic acids is 1. The summed E-state index contributed by atoms with van der Waals surface area (Å²) in [6, 6.07) is 11.4. The molecule has 0 atom stereocenters. The molecule has 0 aliphatic heterocycles. The van der Waals surface area contributed by atoms with Gasteiger partial charge in [-0.25, -0.2) is 4.79 Å². The van der Waals surface area contributed by atoms with Crippen molar-refractivity contribution in [3.8, 4) is 6.07 Å². The topological polar surface area (TPSA) is 78.9 Å². The first-order chi connectivity index (χ1) is 9.19. The van der Waals surface area contributed by atoms with Crippen LogP contribution in [-0.2, 0) is 11.3 Å². The largest absolute Gasteiger partial charge is 0.477 e. The molecule has 1 heterocycles. The standard InChI is InChI=1S/C14H11N3O2/c15-7-13(14(18)19)6-12-8-16-17(10-12)9-11-4-2-1-3-5-11/h1-6,8,10H,9H2,(H,18,19)/b13-6+. The highest BCUT2D eigenvalue weighted by atomic mass is 16.4. The first-order valence-electron chi connectivity index (χ1n) is 5.60. The molecule has 0 saturated heterocycles. The summed E-state index contributed by atoms with van der Waals surface area (Å²) in [6.07, 6.45) is 4.54. The van der Waals surface area contributed by atoms with Crippen LogP contribution in [0.5, 0.6) is 0 Å². The van der Waals surface area contributed by atoms with Gasteiger partial charge < -0.3 is 5.11 Å². The summed E-state index contributed by atoms with van der Waals surface area (Å²) in [7, 11) is 0. The maximum absolute atomic E-state index is 10.7. The molecule has 19 heavy (non-hydrogen) atoms. The number of carbonyl (C=O) groups is 1. The Kier molecular flexibility index (Phi) is 3.74. The van der Waals surface area contributed by atoms with Gasteiger partial charge in [-0.15, -0.1) is 0 Å². The van der Waals surface area contributed by atoms with Gasteiger partial charge in [-0.1, -0.05) is 30.3 Å². The highest BCUT2D eigenvalue weighted by Crippen LogP contribution is 2.08. The number of hydrogen-bond acceptors (Lipinski definition) is 3. The summed E-state index contributed by atoms with van der Waals surface area (Å²) >= 11 is 0. The summed E-state index contributed by atoms with van der Waals surface area (Å²) in [5.74, 6) is -1.24. The Balaban J connectivity index is 2.16. The zero-order chi connectivity index (χ0) is 13.7. The van der Waals surface area contributed by atoms with E-state index in [1.807, 2.05) is 30.3 Å². The molecular weight excluding hydrogens is 242 g/mol. The predicted molar refractivity (Wildman–Crippen MR) is 69.0 cm³/mol. The monoisotopic (exact) mass is 253 g/mol. The molecule has 0 saturated carbocycles. The van der Waals surface area contributed by atoms with Crippen molar-refractivity contribution < 1.29 is 9.90 Å². The van der Waals surface area contributed by atoms with Crippen molar-refractivity contribution in [3.05, 3.63) is 59.4 Å². The number of benzene rings is 1. The van der Waals surface area contributed by atoms with Crippen molar-refractivity contribution in [2.45, 2.75) is 6.54 Å². The number of hydrogen-bond donors (Lipinski definition) is 1. The van der Waals surface area contributed by atoms with Crippen molar-refractivity contribution in [3.63, 3.8) is 0 Å². The molecule has 1 aromatic carbocycles. The normalized spacial score (nSPS) is 11.0. The first kappa shape index (κ1) is 12.6. The van der Waals surface area contributed by atoms with Gasteiger partial charge in [0.1, 0.15) is 11.6 Å². The van der Waals surface area contributed by atoms with Crippen molar-refractivity contribution in [1.29, 1.82) is 5.26 Å². The average Bonchev–Trinajstić information content (AvgIpc) is 2.84. The third kappa shape index (κ3) is 3.30. The Bertz CT molecular complexity index is 651. The van der Waals surface area contributed by atoms with Crippen LogP contribution >= 0.6 is 0 Å². The molecule has 1 aromatic heterocycles. The van der Waals surface area contributed by atoms with E-state index in [2.05, 4.69) is 5.10 Å². The molecule has 5 nitrogen and oxygen atoms in total. The van der Waals surface area contributed by atoms with Crippen molar-refractivity contribution in [2.24, 2.45) is 0 Å². The van der Waals surface area contributed by atoms with Crippen LogP contribution < -0.4 is 0 Å². The van der Waals surface area contributed by atoms with Crippen LogP contribution in [0.25, 0.3) is 6.08 Å². The van der Waals surface area contributed by atoms with Gasteiger partial charge in [-0.2, -0.15) is 10.4 Å². The lowest BCUT2D eigenvalue weighted by Crippen LogP contribution is -1.99. The van der Waals surface area contributed by atoms with Crippen LogP contribution in [0.1, 0.15) is 11.1 Å². The van der Waals surface area contributed by atoms with Crippen LogP contribution in [0.2, 0.25) is 0 Å². The molecule has 2 aromatic rings. The fraction of sp³-hybridized carbons (Fsp3) is 0.0714. The number of nitriles is 1. The molecule has 0 aliphatic carbocycles. The molecule has 0 fully saturated rings. The second-order valence-electron chi connectivity index (χ2n) is 3.93. The molecule has 0 bridgehead atoms. The van der Waals surface area contributed by atoms with Gasteiger partial charge in [0, 0.05) is 11.8 Å². The molecule has 94 valence electrons. The van der Waals surface area contributed by atoms with Crippen molar-refractivity contribution in [1.82, 2.24) is 9.78 Å². The lowest BCUT2D eigenvalue weighted by molar-refractivity contribution is -0.132. The molecule has 1 N–H and O–H groups in total. The molecule has 0 spiro atoms. The van der Waals surface area contributed by atoms with Crippen LogP contribution in [0, 0.1) is 11.3 Å². The lowest BCUT2D eigenvalue weighted by atomic mass is 10.2. The average molecular weight is 253 g/mol. The highest BCUT2D eigenvalue weighted by Gasteiger charge is 2.06. The van der Waals surface area contributed by atoms with Crippen molar-refractivity contribution >= 4 is 12.0 Å². The van der Waals surface area contributed by atoms with Crippen LogP contribution in [0.15, 0.2) is 48.3 Å². The van der Waals surface area contributed by atoms with E-state index >= 15 is 0 Å². The summed E-state index contributed by atoms with van der Waals surface area (Å²) in [5, 5.41) is 21.6. The van der Waals surface area contributed by atoms with E-state index in [4.69, 9.17) is 10.4 Å². The van der Waals surface area contributed by atoms with E-state index in [0.717, 1.165) is 5.56 Å². The van der Waals surface area contributed by atoms with Gasteiger partial charge in [-0.05, 0) is 11.6 Å². The summed E-state index contributed by atoms with van der Waals surface area (Å²) in [6.45, 7) is 0.601. The third-order valence-electron chi connectivity index (χ3n) is 2.50. The van der Waals surface area contributed by atoms with Gasteiger partial charge in [-0.3, -0.25) is 4.68 Å². The quantitative estimate of drug-likeness (QED) is 0.667. The van der Waals surface area contributed by atoms with E-state index < -0.39 is 5.97 Å². The third-order valence-corrected chi connectivity index (χ3v) is 2.50. The maximum Gasteiger partial charge on any atom is 0.346 e. The molecule has 0 unspecified atom stereocenters. The van der Waals surface area contributed by atoms with Gasteiger partial charge >= 0.3 is 5.97 Å².